The average molecular weight is 217 g/mol. The molecule has 0 fully saturated rings. The minimum atomic E-state index is -2.22. The van der Waals surface area contributed by atoms with Gasteiger partial charge in [0.2, 0.25) is 0 Å². The van der Waals surface area contributed by atoms with E-state index in [0.29, 0.717) is 0 Å². The van der Waals surface area contributed by atoms with E-state index in [4.69, 9.17) is 8.83 Å². The maximum atomic E-state index is 5.99. The van der Waals surface area contributed by atoms with Gasteiger partial charge in [-0.25, -0.2) is 0 Å². The van der Waals surface area contributed by atoms with Crippen LogP contribution in [0.25, 0.3) is 0 Å². The Labute approximate surface area is 44.6 Å². The number of rotatable bonds is 0. The molecule has 0 aliphatic heterocycles. The summed E-state index contributed by atoms with van der Waals surface area (Å²) in [7, 11) is 5.99. The summed E-state index contributed by atoms with van der Waals surface area (Å²) in [6.07, 6.45) is 0. The molecule has 40 valence electrons. The average Bonchev–Trinajstić information content (AvgIpc) is 0.650. The fraction of sp³-hybridized carbons (Fsp3) is 1.00. The molecule has 0 nitrogen and oxygen atoms in total. The molecule has 0 bridgehead atoms. The Morgan fingerprint density at radius 3 is 1.00 bits per heavy atom. The van der Waals surface area contributed by atoms with Crippen LogP contribution < -0.4 is 0 Å². The van der Waals surface area contributed by atoms with E-state index in [1.807, 2.05) is 0 Å². The monoisotopic (exact) mass is 216 g/mol. The Morgan fingerprint density at radius 2 is 1.00 bits per heavy atom. The Kier molecular flexibility index (Phi) is 1.53. The Bertz CT molecular complexity index is 40.7. The second-order valence-corrected chi connectivity index (χ2v) is 31.6. The van der Waals surface area contributed by atoms with Crippen LogP contribution in [0.5, 0.6) is 0 Å². The van der Waals surface area contributed by atoms with Gasteiger partial charge in [-0.15, -0.1) is 0 Å². The molecule has 0 aromatic heterocycles. The molecule has 0 atom stereocenters. The van der Waals surface area contributed by atoms with Crippen LogP contribution in [0.4, 0.5) is 0 Å². The predicted octanol–water partition coefficient (Wildman–Crippen LogP) is 2.64. The van der Waals surface area contributed by atoms with Crippen molar-refractivity contribution in [1.29, 1.82) is 0 Å². The van der Waals surface area contributed by atoms with Crippen molar-refractivity contribution >= 4 is 25.1 Å². The van der Waals surface area contributed by atoms with E-state index in [1.54, 1.807) is 0 Å². The molecular formula is C4H12ClSb. The summed E-state index contributed by atoms with van der Waals surface area (Å²) in [5, 5.41) is 0. The second-order valence-electron chi connectivity index (χ2n) is 3.36. The molecule has 0 heterocycles. The van der Waals surface area contributed by atoms with Crippen LogP contribution in [0.2, 0.25) is 19.5 Å². The van der Waals surface area contributed by atoms with E-state index in [1.165, 1.54) is 0 Å². The van der Waals surface area contributed by atoms with Crippen molar-refractivity contribution in [3.8, 4) is 0 Å². The molecule has 0 saturated heterocycles. The van der Waals surface area contributed by atoms with Crippen LogP contribution in [0.15, 0.2) is 0 Å². The molecule has 0 N–H and O–H groups in total. The summed E-state index contributed by atoms with van der Waals surface area (Å²) >= 11 is -2.22. The van der Waals surface area contributed by atoms with Gasteiger partial charge in [-0.2, -0.15) is 0 Å². The summed E-state index contributed by atoms with van der Waals surface area (Å²) in [5.74, 6) is 0. The quantitative estimate of drug-likeness (QED) is 0.547. The van der Waals surface area contributed by atoms with E-state index in [0.717, 1.165) is 0 Å². The van der Waals surface area contributed by atoms with Crippen molar-refractivity contribution < 1.29 is 0 Å². The SMILES string of the molecule is [CH3][Sb]([CH3])([CH3])([CH3])[Cl]. The molecule has 0 unspecified atom stereocenters. The molecule has 0 aliphatic rings. The third-order valence-corrected chi connectivity index (χ3v) is 0. The molecule has 0 aromatic carbocycles. The van der Waals surface area contributed by atoms with Gasteiger partial charge < -0.3 is 0 Å². The van der Waals surface area contributed by atoms with Crippen molar-refractivity contribution in [2.75, 3.05) is 0 Å². The van der Waals surface area contributed by atoms with Crippen LogP contribution in [0.1, 0.15) is 0 Å². The van der Waals surface area contributed by atoms with E-state index in [2.05, 4.69) is 19.5 Å². The first kappa shape index (κ1) is 7.11. The van der Waals surface area contributed by atoms with Gasteiger partial charge in [0.25, 0.3) is 0 Å². The summed E-state index contributed by atoms with van der Waals surface area (Å²) in [6.45, 7) is 0. The summed E-state index contributed by atoms with van der Waals surface area (Å²) in [6, 6.07) is 0. The van der Waals surface area contributed by atoms with Gasteiger partial charge in [0.05, 0.1) is 0 Å². The fourth-order valence-electron chi connectivity index (χ4n) is 0. The van der Waals surface area contributed by atoms with Gasteiger partial charge in [-0.05, 0) is 0 Å². The van der Waals surface area contributed by atoms with Gasteiger partial charge in [-0.1, -0.05) is 0 Å². The zero-order valence-electron chi connectivity index (χ0n) is 4.83. The van der Waals surface area contributed by atoms with Gasteiger partial charge in [0.15, 0.2) is 0 Å². The molecule has 0 aromatic rings. The number of hydrogen-bond donors (Lipinski definition) is 0. The van der Waals surface area contributed by atoms with Crippen LogP contribution in [-0.4, -0.2) is 16.3 Å². The van der Waals surface area contributed by atoms with Gasteiger partial charge in [0, 0.05) is 0 Å². The fourth-order valence-corrected chi connectivity index (χ4v) is 0. The minimum absolute atomic E-state index is 2.18. The molecule has 0 amide bonds. The van der Waals surface area contributed by atoms with Crippen LogP contribution in [0.3, 0.4) is 0 Å². The summed E-state index contributed by atoms with van der Waals surface area (Å²) in [5.41, 5.74) is 0. The molecule has 0 radical (unpaired) electrons. The number of halogens is 1. The Hall–Kier alpha value is 1.11. The van der Waals surface area contributed by atoms with Crippen molar-refractivity contribution in [3.63, 3.8) is 0 Å². The van der Waals surface area contributed by atoms with Crippen LogP contribution >= 0.6 is 8.83 Å². The Balaban J connectivity index is 3.73. The molecule has 0 spiro atoms. The predicted molar refractivity (Wildman–Crippen MR) is 35.1 cm³/mol. The third kappa shape index (κ3) is 70.2. The van der Waals surface area contributed by atoms with Crippen molar-refractivity contribution in [3.05, 3.63) is 0 Å². The van der Waals surface area contributed by atoms with Crippen molar-refractivity contribution in [2.24, 2.45) is 0 Å². The molecular weight excluding hydrogens is 205 g/mol. The second kappa shape index (κ2) is 1.29. The molecule has 0 saturated carbocycles. The molecule has 2 heteroatoms. The number of hydrogen-bond acceptors (Lipinski definition) is 0. The zero-order valence-corrected chi connectivity index (χ0v) is 8.13. The normalized spacial score (nSPS) is 19.2. The zero-order chi connectivity index (χ0) is 5.45. The summed E-state index contributed by atoms with van der Waals surface area (Å²) in [4.78, 5) is 8.70. The van der Waals surface area contributed by atoms with Gasteiger partial charge >= 0.3 is 44.6 Å². The van der Waals surface area contributed by atoms with Gasteiger partial charge in [-0.3, -0.25) is 0 Å². The van der Waals surface area contributed by atoms with Crippen molar-refractivity contribution in [1.82, 2.24) is 0 Å². The van der Waals surface area contributed by atoms with E-state index in [9.17, 15) is 0 Å². The van der Waals surface area contributed by atoms with E-state index in [-0.39, 0.29) is 0 Å². The first-order valence-electron chi connectivity index (χ1n) is 1.96. The van der Waals surface area contributed by atoms with Crippen LogP contribution in [0, 0.1) is 0 Å². The topological polar surface area (TPSA) is 0 Å². The molecule has 0 rings (SSSR count). The van der Waals surface area contributed by atoms with E-state index >= 15 is 0 Å². The Morgan fingerprint density at radius 1 is 1.00 bits per heavy atom. The first-order valence-corrected chi connectivity index (χ1v) is 15.4. The van der Waals surface area contributed by atoms with Crippen molar-refractivity contribution in [2.45, 2.75) is 19.5 Å². The van der Waals surface area contributed by atoms with Gasteiger partial charge in [0.1, 0.15) is 0 Å². The third-order valence-electron chi connectivity index (χ3n) is 0. The molecule has 6 heavy (non-hydrogen) atoms. The maximum absolute atomic E-state index is 5.99. The van der Waals surface area contributed by atoms with E-state index < -0.39 is 16.3 Å². The summed E-state index contributed by atoms with van der Waals surface area (Å²) < 4.78 is 0. The first-order chi connectivity index (χ1) is 2.24. The van der Waals surface area contributed by atoms with Crippen LogP contribution in [-0.2, 0) is 0 Å². The molecule has 0 aliphatic carbocycles. The standard InChI is InChI=1S/4CH3.ClH.Sb/h4*1H3;1H;/q;;;;;+1/p-1.